The summed E-state index contributed by atoms with van der Waals surface area (Å²) in [7, 11) is 1.62. The number of rotatable bonds is 7. The van der Waals surface area contributed by atoms with Crippen LogP contribution in [0, 0.1) is 6.92 Å². The fraction of sp³-hybridized carbons (Fsp3) is 0.154. The maximum atomic E-state index is 13.3. The molecule has 4 rings (SSSR count). The summed E-state index contributed by atoms with van der Waals surface area (Å²) < 4.78 is 5.19. The lowest BCUT2D eigenvalue weighted by Crippen LogP contribution is -2.34. The van der Waals surface area contributed by atoms with Gasteiger partial charge in [-0.2, -0.15) is 0 Å². The quantitative estimate of drug-likeness (QED) is 0.583. The molecule has 0 saturated heterocycles. The lowest BCUT2D eigenvalue weighted by Gasteiger charge is -2.15. The van der Waals surface area contributed by atoms with E-state index in [-0.39, 0.29) is 11.8 Å². The number of carbonyl (C=O) groups excluding carboxylic acids is 2. The van der Waals surface area contributed by atoms with Crippen LogP contribution in [0.2, 0.25) is 0 Å². The second kappa shape index (κ2) is 8.88. The number of ether oxygens (including phenoxy) is 1. The third-order valence-electron chi connectivity index (χ3n) is 5.30. The Bertz CT molecular complexity index is 1130. The van der Waals surface area contributed by atoms with Gasteiger partial charge >= 0.3 is 0 Å². The summed E-state index contributed by atoms with van der Waals surface area (Å²) in [6.45, 7) is 2.29. The molecule has 1 aliphatic rings. The van der Waals surface area contributed by atoms with E-state index in [1.165, 1.54) is 4.90 Å². The van der Waals surface area contributed by atoms with Crippen molar-refractivity contribution in [1.82, 2.24) is 4.90 Å². The number of imide groups is 1. The molecule has 0 aliphatic carbocycles. The summed E-state index contributed by atoms with van der Waals surface area (Å²) in [6, 6.07) is 24.7. The highest BCUT2D eigenvalue weighted by Gasteiger charge is 2.38. The first-order valence-corrected chi connectivity index (χ1v) is 10.2. The van der Waals surface area contributed by atoms with Gasteiger partial charge in [0.25, 0.3) is 11.8 Å². The molecule has 156 valence electrons. The Morgan fingerprint density at radius 2 is 1.61 bits per heavy atom. The number of hydrogen-bond acceptors (Lipinski definition) is 4. The van der Waals surface area contributed by atoms with Gasteiger partial charge in [-0.25, -0.2) is 0 Å². The first-order valence-electron chi connectivity index (χ1n) is 10.2. The number of nitrogens with zero attached hydrogens (tertiary/aromatic N) is 1. The van der Waals surface area contributed by atoms with E-state index in [0.29, 0.717) is 24.2 Å². The van der Waals surface area contributed by atoms with E-state index in [2.05, 4.69) is 5.32 Å². The van der Waals surface area contributed by atoms with E-state index in [9.17, 15) is 9.59 Å². The van der Waals surface area contributed by atoms with Crippen molar-refractivity contribution in [2.45, 2.75) is 13.3 Å². The number of benzene rings is 3. The van der Waals surface area contributed by atoms with Crippen LogP contribution in [0.4, 0.5) is 5.69 Å². The van der Waals surface area contributed by atoms with Crippen molar-refractivity contribution in [3.05, 3.63) is 101 Å². The molecule has 0 unspecified atom stereocenters. The predicted octanol–water partition coefficient (Wildman–Crippen LogP) is 4.44. The summed E-state index contributed by atoms with van der Waals surface area (Å²) in [4.78, 5) is 27.9. The zero-order valence-corrected chi connectivity index (χ0v) is 17.6. The Kier molecular flexibility index (Phi) is 5.85. The van der Waals surface area contributed by atoms with Gasteiger partial charge in [-0.3, -0.25) is 14.5 Å². The van der Waals surface area contributed by atoms with E-state index in [1.54, 1.807) is 7.11 Å². The van der Waals surface area contributed by atoms with Crippen molar-refractivity contribution in [2.24, 2.45) is 0 Å². The van der Waals surface area contributed by atoms with Crippen LogP contribution in [0.15, 0.2) is 84.6 Å². The third-order valence-corrected chi connectivity index (χ3v) is 5.30. The fourth-order valence-electron chi connectivity index (χ4n) is 3.67. The molecule has 5 heteroatoms. The SMILES string of the molecule is COc1ccc(CCN2C(=O)C(Nc3cccc(C)c3)=C(c3ccccc3)C2=O)cc1. The zero-order valence-electron chi connectivity index (χ0n) is 17.6. The summed E-state index contributed by atoms with van der Waals surface area (Å²) in [5.74, 6) is 0.188. The molecule has 0 spiro atoms. The fourth-order valence-corrected chi connectivity index (χ4v) is 3.67. The second-order valence-corrected chi connectivity index (χ2v) is 7.47. The van der Waals surface area contributed by atoms with Crippen LogP contribution in [0.5, 0.6) is 5.75 Å². The summed E-state index contributed by atoms with van der Waals surface area (Å²) in [5, 5.41) is 3.20. The minimum Gasteiger partial charge on any atom is -0.497 e. The average molecular weight is 412 g/mol. The molecule has 3 aromatic carbocycles. The lowest BCUT2D eigenvalue weighted by atomic mass is 10.0. The summed E-state index contributed by atoms with van der Waals surface area (Å²) in [5.41, 5.74) is 4.32. The molecule has 31 heavy (non-hydrogen) atoms. The van der Waals surface area contributed by atoms with Crippen LogP contribution < -0.4 is 10.1 Å². The minimum absolute atomic E-state index is 0.278. The summed E-state index contributed by atoms with van der Waals surface area (Å²) in [6.07, 6.45) is 0.571. The van der Waals surface area contributed by atoms with Crippen molar-refractivity contribution in [3.63, 3.8) is 0 Å². The molecule has 0 fully saturated rings. The first-order chi connectivity index (χ1) is 15.1. The first kappa shape index (κ1) is 20.4. The van der Waals surface area contributed by atoms with Gasteiger partial charge in [-0.05, 0) is 54.3 Å². The van der Waals surface area contributed by atoms with Gasteiger partial charge in [0.05, 0.1) is 12.7 Å². The van der Waals surface area contributed by atoms with Gasteiger partial charge in [0.1, 0.15) is 11.4 Å². The van der Waals surface area contributed by atoms with Crippen molar-refractivity contribution < 1.29 is 14.3 Å². The third kappa shape index (κ3) is 4.36. The van der Waals surface area contributed by atoms with Crippen molar-refractivity contribution >= 4 is 23.1 Å². The molecule has 2 amide bonds. The lowest BCUT2D eigenvalue weighted by molar-refractivity contribution is -0.136. The van der Waals surface area contributed by atoms with Crippen LogP contribution in [-0.2, 0) is 16.0 Å². The number of aryl methyl sites for hydroxylation is 1. The minimum atomic E-state index is -0.307. The summed E-state index contributed by atoms with van der Waals surface area (Å²) >= 11 is 0. The van der Waals surface area contributed by atoms with E-state index >= 15 is 0 Å². The molecular formula is C26H24N2O3. The molecule has 0 radical (unpaired) electrons. The topological polar surface area (TPSA) is 58.6 Å². The highest BCUT2D eigenvalue weighted by Crippen LogP contribution is 2.30. The Balaban J connectivity index is 1.61. The molecule has 1 heterocycles. The monoisotopic (exact) mass is 412 g/mol. The van der Waals surface area contributed by atoms with Crippen LogP contribution in [0.1, 0.15) is 16.7 Å². The molecule has 0 saturated carbocycles. The Morgan fingerprint density at radius 1 is 0.871 bits per heavy atom. The van der Waals surface area contributed by atoms with E-state index in [0.717, 1.165) is 28.1 Å². The smallest absolute Gasteiger partial charge is 0.278 e. The van der Waals surface area contributed by atoms with Crippen LogP contribution in [-0.4, -0.2) is 30.4 Å². The molecule has 5 nitrogen and oxygen atoms in total. The van der Waals surface area contributed by atoms with Crippen molar-refractivity contribution in [1.29, 1.82) is 0 Å². The average Bonchev–Trinajstić information content (AvgIpc) is 3.02. The van der Waals surface area contributed by atoms with Gasteiger partial charge in [-0.15, -0.1) is 0 Å². The molecule has 0 atom stereocenters. The second-order valence-electron chi connectivity index (χ2n) is 7.47. The maximum Gasteiger partial charge on any atom is 0.278 e. The van der Waals surface area contributed by atoms with Crippen molar-refractivity contribution in [2.75, 3.05) is 19.0 Å². The van der Waals surface area contributed by atoms with Crippen LogP contribution >= 0.6 is 0 Å². The van der Waals surface area contributed by atoms with Gasteiger partial charge < -0.3 is 10.1 Å². The van der Waals surface area contributed by atoms with Gasteiger partial charge in [0.2, 0.25) is 0 Å². The number of amides is 2. The Morgan fingerprint density at radius 3 is 2.29 bits per heavy atom. The van der Waals surface area contributed by atoms with E-state index in [4.69, 9.17) is 4.74 Å². The van der Waals surface area contributed by atoms with Crippen LogP contribution in [0.25, 0.3) is 5.57 Å². The predicted molar refractivity (Wildman–Crippen MR) is 122 cm³/mol. The van der Waals surface area contributed by atoms with E-state index in [1.807, 2.05) is 85.8 Å². The molecular weight excluding hydrogens is 388 g/mol. The number of hydrogen-bond donors (Lipinski definition) is 1. The Labute approximate surface area is 182 Å². The van der Waals surface area contributed by atoms with Crippen LogP contribution in [0.3, 0.4) is 0 Å². The highest BCUT2D eigenvalue weighted by molar-refractivity contribution is 6.36. The molecule has 1 N–H and O–H groups in total. The number of methoxy groups -OCH3 is 1. The molecule has 0 aromatic heterocycles. The zero-order chi connectivity index (χ0) is 21.8. The van der Waals surface area contributed by atoms with E-state index < -0.39 is 0 Å². The Hall–Kier alpha value is -3.86. The molecule has 1 aliphatic heterocycles. The number of anilines is 1. The van der Waals surface area contributed by atoms with Gasteiger partial charge in [-0.1, -0.05) is 54.6 Å². The normalized spacial score (nSPS) is 13.7. The van der Waals surface area contributed by atoms with Crippen molar-refractivity contribution in [3.8, 4) is 5.75 Å². The number of nitrogens with one attached hydrogen (secondary N) is 1. The van der Waals surface area contributed by atoms with Gasteiger partial charge in [0, 0.05) is 12.2 Å². The molecule has 0 bridgehead atoms. The highest BCUT2D eigenvalue weighted by atomic mass is 16.5. The van der Waals surface area contributed by atoms with Gasteiger partial charge in [0.15, 0.2) is 0 Å². The maximum absolute atomic E-state index is 13.3. The number of carbonyl (C=O) groups is 2. The molecule has 3 aromatic rings. The largest absolute Gasteiger partial charge is 0.497 e. The standard InChI is InChI=1S/C26H24N2O3/c1-18-7-6-10-21(17-18)27-24-23(20-8-4-3-5-9-20)25(29)28(26(24)30)16-15-19-11-13-22(31-2)14-12-19/h3-14,17,27H,15-16H2,1-2H3.